The lowest BCUT2D eigenvalue weighted by Gasteiger charge is -2.35. The third-order valence-electron chi connectivity index (χ3n) is 4.51. The van der Waals surface area contributed by atoms with E-state index in [0.717, 1.165) is 31.6 Å². The first-order valence-electron chi connectivity index (χ1n) is 6.64. The van der Waals surface area contributed by atoms with Crippen molar-refractivity contribution in [3.8, 4) is 0 Å². The quantitative estimate of drug-likeness (QED) is 0.689. The molecule has 1 saturated heterocycles. The first kappa shape index (κ1) is 9.83. The molecule has 1 saturated carbocycles. The molecule has 3 unspecified atom stereocenters. The van der Waals surface area contributed by atoms with Gasteiger partial charge >= 0.3 is 6.03 Å². The minimum absolute atomic E-state index is 0.00843. The van der Waals surface area contributed by atoms with Gasteiger partial charge in [0.25, 0.3) is 0 Å². The molecule has 0 aromatic rings. The van der Waals surface area contributed by atoms with Crippen molar-refractivity contribution in [2.24, 2.45) is 16.8 Å². The van der Waals surface area contributed by atoms with Crippen molar-refractivity contribution in [3.63, 3.8) is 0 Å². The van der Waals surface area contributed by atoms with Gasteiger partial charge < -0.3 is 10.2 Å². The molecule has 4 rings (SSSR count). The largest absolute Gasteiger partial charge is 0.344 e. The van der Waals surface area contributed by atoms with Crippen molar-refractivity contribution in [2.45, 2.75) is 31.3 Å². The molecule has 17 heavy (non-hydrogen) atoms. The van der Waals surface area contributed by atoms with Crippen LogP contribution in [0.2, 0.25) is 0 Å². The second-order valence-corrected chi connectivity index (χ2v) is 5.54. The number of rotatable bonds is 1. The Balaban J connectivity index is 1.62. The molecule has 3 atom stereocenters. The third kappa shape index (κ3) is 1.40. The predicted octanol–water partition coefficient (Wildman–Crippen LogP) is 1.19. The maximum Gasteiger partial charge on any atom is 0.344 e. The Morgan fingerprint density at radius 3 is 2.94 bits per heavy atom. The Kier molecular flexibility index (Phi) is 1.98. The lowest BCUT2D eigenvalue weighted by molar-refractivity contribution is 0.171. The molecule has 0 aromatic carbocycles. The average molecular weight is 231 g/mol. The molecule has 2 aliphatic carbocycles. The fourth-order valence-corrected chi connectivity index (χ4v) is 3.47. The number of hydrogen-bond donors (Lipinski definition) is 1. The van der Waals surface area contributed by atoms with Gasteiger partial charge in [-0.1, -0.05) is 12.2 Å². The first-order valence-corrected chi connectivity index (χ1v) is 6.64. The summed E-state index contributed by atoms with van der Waals surface area (Å²) in [7, 11) is 0. The number of hydrogen-bond acceptors (Lipinski definition) is 2. The van der Waals surface area contributed by atoms with Gasteiger partial charge in [-0.05, 0) is 38.3 Å². The third-order valence-corrected chi connectivity index (χ3v) is 4.51. The topological polar surface area (TPSA) is 44.7 Å². The van der Waals surface area contributed by atoms with E-state index in [1.807, 2.05) is 4.90 Å². The molecular formula is C13H17N3O. The van der Waals surface area contributed by atoms with Crippen LogP contribution in [0.4, 0.5) is 4.79 Å². The standard InChI is InChI=1S/C13H17N3O/c17-13-15-12-10-7-8(10)1-2-11(12)16(13)9-3-5-14-6-4-9/h1-2,8-11,14H,3-7H2. The Bertz CT molecular complexity index is 422. The van der Waals surface area contributed by atoms with E-state index in [2.05, 4.69) is 22.5 Å². The second kappa shape index (κ2) is 3.42. The van der Waals surface area contributed by atoms with E-state index in [4.69, 9.17) is 0 Å². The Labute approximate surface area is 101 Å². The maximum atomic E-state index is 12.1. The zero-order chi connectivity index (χ0) is 11.4. The molecule has 0 aromatic heterocycles. The highest BCUT2D eigenvalue weighted by atomic mass is 16.2. The number of carbonyl (C=O) groups excluding carboxylic acids is 1. The van der Waals surface area contributed by atoms with Gasteiger partial charge in [-0.3, -0.25) is 0 Å². The maximum absolute atomic E-state index is 12.1. The van der Waals surface area contributed by atoms with Crippen LogP contribution < -0.4 is 5.32 Å². The van der Waals surface area contributed by atoms with Gasteiger partial charge in [0, 0.05) is 12.0 Å². The van der Waals surface area contributed by atoms with Gasteiger partial charge in [0.1, 0.15) is 0 Å². The normalized spacial score (nSPS) is 40.0. The van der Waals surface area contributed by atoms with E-state index < -0.39 is 0 Å². The van der Waals surface area contributed by atoms with E-state index in [-0.39, 0.29) is 12.1 Å². The van der Waals surface area contributed by atoms with Crippen LogP contribution >= 0.6 is 0 Å². The van der Waals surface area contributed by atoms with Crippen molar-refractivity contribution in [1.82, 2.24) is 10.2 Å². The van der Waals surface area contributed by atoms with Gasteiger partial charge in [0.05, 0.1) is 11.8 Å². The molecule has 90 valence electrons. The summed E-state index contributed by atoms with van der Waals surface area (Å²) in [6, 6.07) is 0.582. The molecule has 2 amide bonds. The molecular weight excluding hydrogens is 214 g/mol. The van der Waals surface area contributed by atoms with Crippen LogP contribution in [0.1, 0.15) is 19.3 Å². The summed E-state index contributed by atoms with van der Waals surface area (Å²) in [6.07, 6.45) is 7.83. The van der Waals surface area contributed by atoms with E-state index in [0.29, 0.717) is 17.9 Å². The Hall–Kier alpha value is -1.16. The number of allylic oxidation sites excluding steroid dienone is 1. The fraction of sp³-hybridized carbons (Fsp3) is 0.692. The van der Waals surface area contributed by atoms with E-state index in [1.165, 1.54) is 6.42 Å². The van der Waals surface area contributed by atoms with Crippen LogP contribution in [0.3, 0.4) is 0 Å². The summed E-state index contributed by atoms with van der Waals surface area (Å²) < 4.78 is 0. The van der Waals surface area contributed by atoms with Gasteiger partial charge in [0.2, 0.25) is 0 Å². The summed E-state index contributed by atoms with van der Waals surface area (Å²) in [4.78, 5) is 18.4. The lowest BCUT2D eigenvalue weighted by atomic mass is 9.96. The van der Waals surface area contributed by atoms with Crippen LogP contribution in [0.25, 0.3) is 0 Å². The zero-order valence-corrected chi connectivity index (χ0v) is 9.80. The zero-order valence-electron chi connectivity index (χ0n) is 9.80. The van der Waals surface area contributed by atoms with Crippen molar-refractivity contribution in [2.75, 3.05) is 13.1 Å². The SMILES string of the molecule is O=C1N=C2C3CC3C=CC2N1C1CCNCC1. The number of fused-ring (bicyclic) bond motifs is 3. The fourth-order valence-electron chi connectivity index (χ4n) is 3.47. The van der Waals surface area contributed by atoms with Crippen molar-refractivity contribution in [1.29, 1.82) is 0 Å². The monoisotopic (exact) mass is 231 g/mol. The second-order valence-electron chi connectivity index (χ2n) is 5.54. The summed E-state index contributed by atoms with van der Waals surface area (Å²) >= 11 is 0. The Morgan fingerprint density at radius 1 is 1.29 bits per heavy atom. The predicted molar refractivity (Wildman–Crippen MR) is 65.1 cm³/mol. The van der Waals surface area contributed by atoms with E-state index >= 15 is 0 Å². The summed E-state index contributed by atoms with van der Waals surface area (Å²) in [5.74, 6) is 1.27. The molecule has 0 radical (unpaired) electrons. The molecule has 2 aliphatic heterocycles. The van der Waals surface area contributed by atoms with Gasteiger partial charge in [0.15, 0.2) is 0 Å². The molecule has 4 nitrogen and oxygen atoms in total. The average Bonchev–Trinajstić information content (AvgIpc) is 3.07. The minimum Gasteiger partial charge on any atom is -0.317 e. The van der Waals surface area contributed by atoms with Gasteiger partial charge in [-0.25, -0.2) is 4.79 Å². The highest BCUT2D eigenvalue weighted by Crippen LogP contribution is 2.47. The molecule has 0 bridgehead atoms. The summed E-state index contributed by atoms with van der Waals surface area (Å²) in [5, 5.41) is 3.35. The summed E-state index contributed by atoms with van der Waals surface area (Å²) in [5.41, 5.74) is 1.15. The highest BCUT2D eigenvalue weighted by Gasteiger charge is 2.50. The van der Waals surface area contributed by atoms with Gasteiger partial charge in [-0.2, -0.15) is 4.99 Å². The number of nitrogens with one attached hydrogen (secondary N) is 1. The van der Waals surface area contributed by atoms with E-state index in [9.17, 15) is 4.79 Å². The lowest BCUT2D eigenvalue weighted by Crippen LogP contribution is -2.49. The molecule has 0 spiro atoms. The number of nitrogens with zero attached hydrogens (tertiary/aromatic N) is 2. The van der Waals surface area contributed by atoms with E-state index in [1.54, 1.807) is 0 Å². The van der Waals surface area contributed by atoms with Crippen molar-refractivity contribution < 1.29 is 4.79 Å². The number of aliphatic imine (C=N–C) groups is 1. The van der Waals surface area contributed by atoms with Gasteiger partial charge in [-0.15, -0.1) is 0 Å². The van der Waals surface area contributed by atoms with Crippen molar-refractivity contribution >= 4 is 11.7 Å². The smallest absolute Gasteiger partial charge is 0.317 e. The summed E-state index contributed by atoms with van der Waals surface area (Å²) in [6.45, 7) is 2.04. The van der Waals surface area contributed by atoms with Crippen molar-refractivity contribution in [3.05, 3.63) is 12.2 Å². The van der Waals surface area contributed by atoms with Crippen LogP contribution in [-0.4, -0.2) is 41.8 Å². The number of urea groups is 1. The molecule has 1 N–H and O–H groups in total. The van der Waals surface area contributed by atoms with Crippen LogP contribution in [-0.2, 0) is 0 Å². The minimum atomic E-state index is 0.00843. The van der Waals surface area contributed by atoms with Crippen LogP contribution in [0.5, 0.6) is 0 Å². The number of carbonyl (C=O) groups is 1. The number of piperidine rings is 1. The first-order chi connectivity index (χ1) is 8.34. The number of amides is 2. The molecule has 2 fully saturated rings. The van der Waals surface area contributed by atoms with Crippen LogP contribution in [0, 0.1) is 11.8 Å². The van der Waals surface area contributed by atoms with Crippen LogP contribution in [0.15, 0.2) is 17.1 Å². The molecule has 2 heterocycles. The molecule has 4 aliphatic rings. The Morgan fingerprint density at radius 2 is 2.12 bits per heavy atom. The molecule has 4 heteroatoms. The highest BCUT2D eigenvalue weighted by molar-refractivity contribution is 6.09.